The molecule has 0 unspecified atom stereocenters. The molecule has 0 fully saturated rings. The predicted octanol–water partition coefficient (Wildman–Crippen LogP) is 2.45. The van der Waals surface area contributed by atoms with Crippen LogP contribution in [0.2, 0.25) is 0 Å². The molecule has 0 atom stereocenters. The van der Waals surface area contributed by atoms with Crippen molar-refractivity contribution in [1.82, 2.24) is 4.57 Å². The number of amides is 1. The van der Waals surface area contributed by atoms with Crippen molar-refractivity contribution in [2.45, 2.75) is 6.54 Å². The van der Waals surface area contributed by atoms with Gasteiger partial charge in [-0.2, -0.15) is 0 Å². The van der Waals surface area contributed by atoms with E-state index in [9.17, 15) is 9.59 Å². The lowest BCUT2D eigenvalue weighted by molar-refractivity contribution is -0.671. The zero-order valence-corrected chi connectivity index (χ0v) is 13.3. The number of hydrogen-bond acceptors (Lipinski definition) is 2. The third-order valence-electron chi connectivity index (χ3n) is 3.65. The number of anilines is 1. The Bertz CT molecular complexity index is 852. The van der Waals surface area contributed by atoms with Crippen LogP contribution in [0.3, 0.4) is 0 Å². The number of carbonyl (C=O) groups is 2. The molecule has 3 aromatic rings. The maximum atomic E-state index is 12.3. The van der Waals surface area contributed by atoms with Gasteiger partial charge in [-0.3, -0.25) is 9.59 Å². The number of hydrogen-bond donors (Lipinski definition) is 1. The Kier molecular flexibility index (Phi) is 4.52. The number of aryl methyl sites for hydroxylation is 1. The molecular weight excluding hydrogens is 302 g/mol. The minimum absolute atomic E-state index is 0.0205. The van der Waals surface area contributed by atoms with Crippen molar-refractivity contribution in [1.29, 1.82) is 0 Å². The van der Waals surface area contributed by atoms with Crippen LogP contribution in [0.5, 0.6) is 0 Å². The number of rotatable bonds is 5. The lowest BCUT2D eigenvalue weighted by atomic mass is 10.1. The average molecular weight is 320 g/mol. The van der Waals surface area contributed by atoms with Crippen LogP contribution in [0.4, 0.5) is 5.69 Å². The van der Waals surface area contributed by atoms with Gasteiger partial charge in [0.15, 0.2) is 6.54 Å². The fourth-order valence-electron chi connectivity index (χ4n) is 2.38. The van der Waals surface area contributed by atoms with Crippen molar-refractivity contribution in [3.8, 4) is 0 Å². The number of aromatic nitrogens is 2. The van der Waals surface area contributed by atoms with Crippen LogP contribution in [0.15, 0.2) is 73.3 Å². The second kappa shape index (κ2) is 6.91. The number of carbonyl (C=O) groups excluding carboxylic acids is 2. The van der Waals surface area contributed by atoms with Crippen LogP contribution < -0.4 is 9.88 Å². The van der Waals surface area contributed by atoms with Crippen molar-refractivity contribution in [2.75, 3.05) is 5.32 Å². The number of Topliss-reactive ketones (excluding diaryl/α,β-unsaturated/α-hetero) is 1. The van der Waals surface area contributed by atoms with Gasteiger partial charge >= 0.3 is 0 Å². The third-order valence-corrected chi connectivity index (χ3v) is 3.65. The molecule has 5 nitrogen and oxygen atoms in total. The molecule has 5 heteroatoms. The summed E-state index contributed by atoms with van der Waals surface area (Å²) in [5, 5.41) is 2.82. The van der Waals surface area contributed by atoms with E-state index in [0.717, 1.165) is 0 Å². The highest BCUT2D eigenvalue weighted by molar-refractivity contribution is 6.04. The highest BCUT2D eigenvalue weighted by Gasteiger charge is 2.11. The van der Waals surface area contributed by atoms with Crippen molar-refractivity contribution in [3.63, 3.8) is 0 Å². The molecule has 1 amide bonds. The van der Waals surface area contributed by atoms with Gasteiger partial charge in [0.1, 0.15) is 12.4 Å². The van der Waals surface area contributed by atoms with E-state index in [1.54, 1.807) is 36.4 Å². The maximum Gasteiger partial charge on any atom is 0.255 e. The number of nitrogens with zero attached hydrogens (tertiary/aromatic N) is 2. The van der Waals surface area contributed by atoms with Crippen molar-refractivity contribution >= 4 is 17.4 Å². The molecule has 1 heterocycles. The van der Waals surface area contributed by atoms with Gasteiger partial charge in [0, 0.05) is 16.8 Å². The molecule has 0 saturated heterocycles. The molecule has 0 bridgehead atoms. The Balaban J connectivity index is 1.64. The molecule has 3 rings (SSSR count). The van der Waals surface area contributed by atoms with Gasteiger partial charge < -0.3 is 5.32 Å². The van der Waals surface area contributed by atoms with E-state index >= 15 is 0 Å². The van der Waals surface area contributed by atoms with E-state index in [2.05, 4.69) is 5.32 Å². The summed E-state index contributed by atoms with van der Waals surface area (Å²) in [5.41, 5.74) is 1.87. The standard InChI is InChI=1S/C19H17N3O2/c1-21-11-12-22(14-21)13-18(23)15-7-9-17(10-8-15)20-19(24)16-5-3-2-4-6-16/h2-12,14H,13H2,1H3/p+1. The quantitative estimate of drug-likeness (QED) is 0.580. The van der Waals surface area contributed by atoms with E-state index in [4.69, 9.17) is 0 Å². The first-order valence-corrected chi connectivity index (χ1v) is 7.62. The number of ketones is 1. The first-order chi connectivity index (χ1) is 11.6. The lowest BCUT2D eigenvalue weighted by Gasteiger charge is -2.06. The van der Waals surface area contributed by atoms with Crippen molar-refractivity contribution < 1.29 is 14.2 Å². The number of imidazole rings is 1. The normalized spacial score (nSPS) is 10.4. The van der Waals surface area contributed by atoms with Gasteiger partial charge in [0.2, 0.25) is 12.1 Å². The van der Waals surface area contributed by atoms with Crippen LogP contribution in [0.1, 0.15) is 20.7 Å². The van der Waals surface area contributed by atoms with E-state index < -0.39 is 0 Å². The zero-order valence-electron chi connectivity index (χ0n) is 13.3. The van der Waals surface area contributed by atoms with Gasteiger partial charge in [0.25, 0.3) is 5.91 Å². The SMILES string of the molecule is C[n+]1ccn(CC(=O)c2ccc(NC(=O)c3ccccc3)cc2)c1. The van der Waals surface area contributed by atoms with Gasteiger partial charge in [-0.1, -0.05) is 18.2 Å². The molecule has 0 aliphatic rings. The van der Waals surface area contributed by atoms with Gasteiger partial charge in [-0.15, -0.1) is 0 Å². The molecule has 0 aliphatic heterocycles. The first kappa shape index (κ1) is 15.7. The van der Waals surface area contributed by atoms with Gasteiger partial charge in [-0.05, 0) is 36.4 Å². The fraction of sp³-hybridized carbons (Fsp3) is 0.105. The molecule has 0 radical (unpaired) electrons. The minimum atomic E-state index is -0.172. The van der Waals surface area contributed by atoms with Gasteiger partial charge in [0.05, 0.1) is 7.05 Å². The summed E-state index contributed by atoms with van der Waals surface area (Å²) < 4.78 is 3.71. The summed E-state index contributed by atoms with van der Waals surface area (Å²) in [6, 6.07) is 15.9. The van der Waals surface area contributed by atoms with Crippen LogP contribution in [-0.4, -0.2) is 16.3 Å². The second-order valence-corrected chi connectivity index (χ2v) is 5.57. The van der Waals surface area contributed by atoms with Crippen LogP contribution >= 0.6 is 0 Å². The molecular formula is C19H18N3O2+. The van der Waals surface area contributed by atoms with E-state index in [1.807, 2.05) is 53.1 Å². The minimum Gasteiger partial charge on any atom is -0.322 e. The highest BCUT2D eigenvalue weighted by atomic mass is 16.1. The number of nitrogens with one attached hydrogen (secondary N) is 1. The Morgan fingerprint density at radius 2 is 1.71 bits per heavy atom. The summed E-state index contributed by atoms with van der Waals surface area (Å²) in [6.07, 6.45) is 5.59. The Labute approximate surface area is 140 Å². The zero-order chi connectivity index (χ0) is 16.9. The average Bonchev–Trinajstić information content (AvgIpc) is 3.01. The van der Waals surface area contributed by atoms with Gasteiger partial charge in [-0.25, -0.2) is 9.13 Å². The Morgan fingerprint density at radius 1 is 1.00 bits per heavy atom. The molecule has 0 saturated carbocycles. The monoisotopic (exact) mass is 320 g/mol. The number of benzene rings is 2. The van der Waals surface area contributed by atoms with Crippen LogP contribution in [0, 0.1) is 0 Å². The van der Waals surface area contributed by atoms with E-state index in [-0.39, 0.29) is 18.2 Å². The van der Waals surface area contributed by atoms with Crippen molar-refractivity contribution in [3.05, 3.63) is 84.4 Å². The van der Waals surface area contributed by atoms with E-state index in [0.29, 0.717) is 16.8 Å². The molecule has 24 heavy (non-hydrogen) atoms. The molecule has 1 aromatic heterocycles. The highest BCUT2D eigenvalue weighted by Crippen LogP contribution is 2.12. The topological polar surface area (TPSA) is 55.0 Å². The maximum absolute atomic E-state index is 12.3. The fourth-order valence-corrected chi connectivity index (χ4v) is 2.38. The van der Waals surface area contributed by atoms with E-state index in [1.165, 1.54) is 0 Å². The molecule has 1 N–H and O–H groups in total. The summed E-state index contributed by atoms with van der Waals surface area (Å²) in [4.78, 5) is 24.4. The second-order valence-electron chi connectivity index (χ2n) is 5.57. The van der Waals surface area contributed by atoms with Crippen LogP contribution in [-0.2, 0) is 13.6 Å². The molecule has 120 valence electrons. The summed E-state index contributed by atoms with van der Waals surface area (Å²) in [5.74, 6) is -0.151. The Hall–Kier alpha value is -3.21. The summed E-state index contributed by atoms with van der Waals surface area (Å²) >= 11 is 0. The third kappa shape index (κ3) is 3.76. The lowest BCUT2D eigenvalue weighted by Crippen LogP contribution is -2.24. The smallest absolute Gasteiger partial charge is 0.255 e. The van der Waals surface area contributed by atoms with Crippen molar-refractivity contribution in [2.24, 2.45) is 7.05 Å². The Morgan fingerprint density at radius 3 is 2.33 bits per heavy atom. The largest absolute Gasteiger partial charge is 0.322 e. The molecule has 0 spiro atoms. The molecule has 0 aliphatic carbocycles. The summed E-state index contributed by atoms with van der Waals surface area (Å²) in [6.45, 7) is 0.288. The summed E-state index contributed by atoms with van der Waals surface area (Å²) in [7, 11) is 1.91. The predicted molar refractivity (Wildman–Crippen MR) is 90.8 cm³/mol. The first-order valence-electron chi connectivity index (χ1n) is 7.62. The molecule has 2 aromatic carbocycles. The van der Waals surface area contributed by atoms with Crippen LogP contribution in [0.25, 0.3) is 0 Å².